The molecule has 0 radical (unpaired) electrons. The van der Waals surface area contributed by atoms with Crippen LogP contribution in [0.1, 0.15) is 31.7 Å². The number of ether oxygens (including phenoxy) is 1. The lowest BCUT2D eigenvalue weighted by atomic mass is 9.99. The first-order valence-corrected chi connectivity index (χ1v) is 8.03. The Labute approximate surface area is 136 Å². The first-order chi connectivity index (χ1) is 11.0. The summed E-state index contributed by atoms with van der Waals surface area (Å²) >= 11 is 0. The average molecular weight is 320 g/mol. The van der Waals surface area contributed by atoms with E-state index in [1.807, 2.05) is 32.0 Å². The van der Waals surface area contributed by atoms with E-state index in [0.29, 0.717) is 26.0 Å². The lowest BCUT2D eigenvalue weighted by Crippen LogP contribution is -2.44. The average Bonchev–Trinajstić information content (AvgIpc) is 2.55. The number of aliphatic carboxylic acids is 1. The molecule has 6 heteroatoms. The Balaban J connectivity index is 1.98. The summed E-state index contributed by atoms with van der Waals surface area (Å²) < 4.78 is 5.56. The number of piperidine rings is 1. The van der Waals surface area contributed by atoms with Gasteiger partial charge in [0.15, 0.2) is 0 Å². The quantitative estimate of drug-likeness (QED) is 0.873. The van der Waals surface area contributed by atoms with Gasteiger partial charge < -0.3 is 20.1 Å². The van der Waals surface area contributed by atoms with Gasteiger partial charge in [0, 0.05) is 18.8 Å². The zero-order chi connectivity index (χ0) is 16.8. The van der Waals surface area contributed by atoms with Gasteiger partial charge in [-0.25, -0.2) is 4.79 Å². The van der Waals surface area contributed by atoms with Gasteiger partial charge in [-0.3, -0.25) is 4.79 Å². The molecule has 1 aromatic carbocycles. The molecule has 126 valence electrons. The maximum Gasteiger partial charge on any atom is 0.321 e. The Morgan fingerprint density at radius 3 is 2.87 bits per heavy atom. The van der Waals surface area contributed by atoms with Crippen molar-refractivity contribution in [1.82, 2.24) is 4.90 Å². The predicted octanol–water partition coefficient (Wildman–Crippen LogP) is 3.11. The molecular weight excluding hydrogens is 296 g/mol. The van der Waals surface area contributed by atoms with Crippen molar-refractivity contribution < 1.29 is 19.4 Å². The first-order valence-electron chi connectivity index (χ1n) is 8.03. The maximum atomic E-state index is 12.3. The van der Waals surface area contributed by atoms with Crippen molar-refractivity contribution in [1.29, 1.82) is 0 Å². The molecule has 0 spiro atoms. The fourth-order valence-corrected chi connectivity index (χ4v) is 2.64. The molecular formula is C17H24N2O4. The zero-order valence-electron chi connectivity index (χ0n) is 13.7. The van der Waals surface area contributed by atoms with Gasteiger partial charge in [-0.2, -0.15) is 0 Å². The Bertz CT molecular complexity index is 574. The molecule has 2 amide bonds. The van der Waals surface area contributed by atoms with Crippen LogP contribution in [0.4, 0.5) is 10.5 Å². The van der Waals surface area contributed by atoms with Crippen molar-refractivity contribution in [2.45, 2.75) is 33.1 Å². The third kappa shape index (κ3) is 4.61. The van der Waals surface area contributed by atoms with Gasteiger partial charge in [-0.1, -0.05) is 6.92 Å². The summed E-state index contributed by atoms with van der Waals surface area (Å²) in [6.45, 7) is 5.47. The van der Waals surface area contributed by atoms with Crippen molar-refractivity contribution >= 4 is 17.7 Å². The Morgan fingerprint density at radius 2 is 2.22 bits per heavy atom. The molecule has 0 aromatic heterocycles. The van der Waals surface area contributed by atoms with E-state index in [2.05, 4.69) is 5.32 Å². The Morgan fingerprint density at radius 1 is 1.43 bits per heavy atom. The fraction of sp³-hybridized carbons (Fsp3) is 0.529. The minimum absolute atomic E-state index is 0.249. The van der Waals surface area contributed by atoms with Crippen LogP contribution in [0.2, 0.25) is 0 Å². The van der Waals surface area contributed by atoms with Gasteiger partial charge >= 0.3 is 12.0 Å². The molecule has 1 atom stereocenters. The molecule has 0 saturated carbocycles. The minimum atomic E-state index is -0.837. The lowest BCUT2D eigenvalue weighted by Gasteiger charge is -2.30. The van der Waals surface area contributed by atoms with Crippen molar-refractivity contribution in [3.63, 3.8) is 0 Å². The highest BCUT2D eigenvalue weighted by molar-refractivity contribution is 5.90. The number of carbonyl (C=O) groups excluding carboxylic acids is 1. The van der Waals surface area contributed by atoms with Crippen LogP contribution < -0.4 is 10.1 Å². The van der Waals surface area contributed by atoms with Gasteiger partial charge in [0.05, 0.1) is 12.5 Å². The highest BCUT2D eigenvalue weighted by Gasteiger charge is 2.28. The Hall–Kier alpha value is -2.24. The summed E-state index contributed by atoms with van der Waals surface area (Å²) in [6.07, 6.45) is 2.28. The molecule has 1 unspecified atom stereocenters. The van der Waals surface area contributed by atoms with E-state index in [1.165, 1.54) is 0 Å². The van der Waals surface area contributed by atoms with E-state index in [1.54, 1.807) is 4.90 Å². The molecule has 2 N–H and O–H groups in total. The highest BCUT2D eigenvalue weighted by atomic mass is 16.5. The molecule has 0 bridgehead atoms. The number of anilines is 1. The summed E-state index contributed by atoms with van der Waals surface area (Å²) in [5, 5.41) is 12.0. The van der Waals surface area contributed by atoms with E-state index in [4.69, 9.17) is 9.84 Å². The van der Waals surface area contributed by atoms with Gasteiger partial charge in [0.2, 0.25) is 0 Å². The number of nitrogens with zero attached hydrogens (tertiary/aromatic N) is 1. The zero-order valence-corrected chi connectivity index (χ0v) is 13.7. The molecule has 1 saturated heterocycles. The predicted molar refractivity (Wildman–Crippen MR) is 87.9 cm³/mol. The third-order valence-electron chi connectivity index (χ3n) is 3.97. The van der Waals surface area contributed by atoms with E-state index in [0.717, 1.165) is 23.4 Å². The topological polar surface area (TPSA) is 78.9 Å². The summed E-state index contributed by atoms with van der Waals surface area (Å²) in [6, 6.07) is 5.29. The largest absolute Gasteiger partial charge is 0.494 e. The van der Waals surface area contributed by atoms with E-state index >= 15 is 0 Å². The number of carbonyl (C=O) groups is 2. The number of urea groups is 1. The van der Waals surface area contributed by atoms with Gasteiger partial charge in [0.1, 0.15) is 5.75 Å². The van der Waals surface area contributed by atoms with Crippen LogP contribution in [0.3, 0.4) is 0 Å². The molecule has 23 heavy (non-hydrogen) atoms. The third-order valence-corrected chi connectivity index (χ3v) is 3.97. The number of nitrogens with one attached hydrogen (secondary N) is 1. The molecule has 1 fully saturated rings. The smallest absolute Gasteiger partial charge is 0.321 e. The van der Waals surface area contributed by atoms with Gasteiger partial charge in [-0.15, -0.1) is 0 Å². The summed E-state index contributed by atoms with van der Waals surface area (Å²) in [7, 11) is 0. The molecule has 2 rings (SSSR count). The van der Waals surface area contributed by atoms with Crippen LogP contribution in [-0.2, 0) is 4.79 Å². The molecule has 0 aliphatic carbocycles. The summed E-state index contributed by atoms with van der Waals surface area (Å²) in [5.74, 6) is -0.525. The number of carboxylic acids is 1. The number of aryl methyl sites for hydroxylation is 1. The van der Waals surface area contributed by atoms with Gasteiger partial charge in [-0.05, 0) is 49.9 Å². The minimum Gasteiger partial charge on any atom is -0.494 e. The number of benzene rings is 1. The number of rotatable bonds is 5. The van der Waals surface area contributed by atoms with Crippen LogP contribution in [0.5, 0.6) is 5.75 Å². The van der Waals surface area contributed by atoms with Crippen LogP contribution >= 0.6 is 0 Å². The molecule has 1 aromatic rings. The molecule has 1 heterocycles. The number of likely N-dealkylation sites (tertiary alicyclic amines) is 1. The van der Waals surface area contributed by atoms with Gasteiger partial charge in [0.25, 0.3) is 0 Å². The number of hydrogen-bond donors (Lipinski definition) is 2. The number of amides is 2. The number of carboxylic acid groups (broad SMARTS) is 1. The second kappa shape index (κ2) is 7.85. The van der Waals surface area contributed by atoms with Crippen molar-refractivity contribution in [3.05, 3.63) is 23.8 Å². The van der Waals surface area contributed by atoms with Crippen LogP contribution in [-0.4, -0.2) is 41.7 Å². The standard InChI is InChI=1S/C17H24N2O4/c1-3-9-23-14-6-7-15(12(2)10-14)18-17(22)19-8-4-5-13(11-19)16(20)21/h6-7,10,13H,3-5,8-9,11H2,1-2H3,(H,18,22)(H,20,21). The van der Waals surface area contributed by atoms with E-state index in [-0.39, 0.29) is 12.6 Å². The maximum absolute atomic E-state index is 12.3. The van der Waals surface area contributed by atoms with Crippen LogP contribution in [0, 0.1) is 12.8 Å². The normalized spacial score (nSPS) is 17.7. The van der Waals surface area contributed by atoms with Crippen molar-refractivity contribution in [2.75, 3.05) is 25.0 Å². The first kappa shape index (κ1) is 17.1. The lowest BCUT2D eigenvalue weighted by molar-refractivity contribution is -0.143. The Kier molecular flexibility index (Phi) is 5.84. The SMILES string of the molecule is CCCOc1ccc(NC(=O)N2CCCC(C(=O)O)C2)c(C)c1. The molecule has 1 aliphatic rings. The van der Waals surface area contributed by atoms with Crippen molar-refractivity contribution in [3.8, 4) is 5.75 Å². The van der Waals surface area contributed by atoms with Crippen LogP contribution in [0.25, 0.3) is 0 Å². The second-order valence-corrected chi connectivity index (χ2v) is 5.88. The highest BCUT2D eigenvalue weighted by Crippen LogP contribution is 2.23. The van der Waals surface area contributed by atoms with E-state index in [9.17, 15) is 9.59 Å². The van der Waals surface area contributed by atoms with E-state index < -0.39 is 11.9 Å². The molecule has 1 aliphatic heterocycles. The van der Waals surface area contributed by atoms with Crippen LogP contribution in [0.15, 0.2) is 18.2 Å². The second-order valence-electron chi connectivity index (χ2n) is 5.88. The molecule has 6 nitrogen and oxygen atoms in total. The van der Waals surface area contributed by atoms with Crippen molar-refractivity contribution in [2.24, 2.45) is 5.92 Å². The summed E-state index contributed by atoms with van der Waals surface area (Å²) in [4.78, 5) is 25.0. The number of hydrogen-bond acceptors (Lipinski definition) is 3. The fourth-order valence-electron chi connectivity index (χ4n) is 2.64. The summed E-state index contributed by atoms with van der Waals surface area (Å²) in [5.41, 5.74) is 1.63. The monoisotopic (exact) mass is 320 g/mol.